The number of likely N-dealkylation sites (tertiary alicyclic amines) is 1. The van der Waals surface area contributed by atoms with Crippen molar-refractivity contribution in [3.63, 3.8) is 0 Å². The van der Waals surface area contributed by atoms with Gasteiger partial charge < -0.3 is 9.64 Å². The number of carbonyl (C=O) groups excluding carboxylic acids is 2. The van der Waals surface area contributed by atoms with Crippen LogP contribution in [0.15, 0.2) is 30.9 Å². The second kappa shape index (κ2) is 7.20. The van der Waals surface area contributed by atoms with E-state index in [1.165, 1.54) is 0 Å². The lowest BCUT2D eigenvalue weighted by molar-refractivity contribution is -0.149. The van der Waals surface area contributed by atoms with Crippen LogP contribution in [0.25, 0.3) is 5.82 Å². The fourth-order valence-corrected chi connectivity index (χ4v) is 2.75. The zero-order valence-corrected chi connectivity index (χ0v) is 13.5. The van der Waals surface area contributed by atoms with Gasteiger partial charge in [-0.2, -0.15) is 0 Å². The largest absolute Gasteiger partial charge is 0.466 e. The minimum Gasteiger partial charge on any atom is -0.466 e. The predicted octanol–water partition coefficient (Wildman–Crippen LogP) is 1.08. The van der Waals surface area contributed by atoms with Crippen LogP contribution < -0.4 is 0 Å². The molecule has 1 amide bonds. The van der Waals surface area contributed by atoms with E-state index >= 15 is 0 Å². The summed E-state index contributed by atoms with van der Waals surface area (Å²) in [6, 6.07) is 3.35. The van der Waals surface area contributed by atoms with E-state index < -0.39 is 0 Å². The van der Waals surface area contributed by atoms with Gasteiger partial charge in [0.05, 0.1) is 12.5 Å². The van der Waals surface area contributed by atoms with Gasteiger partial charge in [-0.3, -0.25) is 14.2 Å². The average molecular weight is 329 g/mol. The minimum atomic E-state index is -0.263. The maximum atomic E-state index is 12.6. The highest BCUT2D eigenvalue weighted by molar-refractivity contribution is 5.92. The molecule has 3 rings (SSSR count). The van der Waals surface area contributed by atoms with Crippen molar-refractivity contribution < 1.29 is 14.3 Å². The van der Waals surface area contributed by atoms with Gasteiger partial charge in [-0.15, -0.1) is 10.2 Å². The first-order valence-corrected chi connectivity index (χ1v) is 7.97. The molecule has 1 aliphatic heterocycles. The number of hydrogen-bond donors (Lipinski definition) is 0. The summed E-state index contributed by atoms with van der Waals surface area (Å²) in [4.78, 5) is 30.0. The summed E-state index contributed by atoms with van der Waals surface area (Å²) in [6.45, 7) is 3.10. The van der Waals surface area contributed by atoms with Gasteiger partial charge in [0.25, 0.3) is 5.91 Å². The molecule has 1 fully saturated rings. The fourth-order valence-electron chi connectivity index (χ4n) is 2.75. The second-order valence-corrected chi connectivity index (χ2v) is 5.59. The summed E-state index contributed by atoms with van der Waals surface area (Å²) in [7, 11) is 0. The van der Waals surface area contributed by atoms with Crippen LogP contribution in [0.2, 0.25) is 0 Å². The molecule has 1 saturated heterocycles. The van der Waals surface area contributed by atoms with Gasteiger partial charge in [-0.05, 0) is 31.9 Å². The molecule has 0 spiro atoms. The van der Waals surface area contributed by atoms with Crippen molar-refractivity contribution in [3.8, 4) is 5.82 Å². The molecule has 1 aliphatic rings. The predicted molar refractivity (Wildman–Crippen MR) is 84.4 cm³/mol. The lowest BCUT2D eigenvalue weighted by Crippen LogP contribution is -2.43. The molecule has 126 valence electrons. The number of rotatable bonds is 4. The van der Waals surface area contributed by atoms with Crippen molar-refractivity contribution in [2.24, 2.45) is 5.92 Å². The summed E-state index contributed by atoms with van der Waals surface area (Å²) < 4.78 is 6.77. The van der Waals surface area contributed by atoms with Crippen LogP contribution in [0.5, 0.6) is 0 Å². The lowest BCUT2D eigenvalue weighted by Gasteiger charge is -2.31. The summed E-state index contributed by atoms with van der Waals surface area (Å²) in [6.07, 6.45) is 6.52. The van der Waals surface area contributed by atoms with Crippen molar-refractivity contribution in [1.82, 2.24) is 24.6 Å². The van der Waals surface area contributed by atoms with E-state index in [-0.39, 0.29) is 23.5 Å². The smallest absolute Gasteiger partial charge is 0.310 e. The number of piperidine rings is 1. The SMILES string of the molecule is CCOC(=O)C1CCCN(C(=O)c2ccc(-n3ccnc3)nn2)C1. The van der Waals surface area contributed by atoms with E-state index in [2.05, 4.69) is 15.2 Å². The van der Waals surface area contributed by atoms with Crippen molar-refractivity contribution in [1.29, 1.82) is 0 Å². The standard InChI is InChI=1S/C16H19N5O3/c1-2-24-16(23)12-4-3-8-20(10-12)15(22)13-5-6-14(19-18-13)21-9-7-17-11-21/h5-7,9,11-12H,2-4,8,10H2,1H3. The molecule has 24 heavy (non-hydrogen) atoms. The molecule has 2 aromatic rings. The van der Waals surface area contributed by atoms with Crippen LogP contribution in [0.1, 0.15) is 30.3 Å². The third-order valence-electron chi connectivity index (χ3n) is 3.97. The van der Waals surface area contributed by atoms with Gasteiger partial charge >= 0.3 is 5.97 Å². The van der Waals surface area contributed by atoms with E-state index in [0.29, 0.717) is 25.5 Å². The minimum absolute atomic E-state index is 0.214. The number of amides is 1. The Kier molecular flexibility index (Phi) is 4.83. The number of imidazole rings is 1. The zero-order valence-electron chi connectivity index (χ0n) is 13.5. The molecule has 2 aromatic heterocycles. The summed E-state index contributed by atoms with van der Waals surface area (Å²) >= 11 is 0. The number of nitrogens with zero attached hydrogens (tertiary/aromatic N) is 5. The summed E-state index contributed by atoms with van der Waals surface area (Å²) in [5.41, 5.74) is 0.267. The van der Waals surface area contributed by atoms with Crippen molar-refractivity contribution in [2.45, 2.75) is 19.8 Å². The van der Waals surface area contributed by atoms with Gasteiger partial charge in [0.1, 0.15) is 6.33 Å². The van der Waals surface area contributed by atoms with Crippen LogP contribution in [-0.2, 0) is 9.53 Å². The van der Waals surface area contributed by atoms with E-state index in [4.69, 9.17) is 4.74 Å². The first kappa shape index (κ1) is 16.1. The Labute approximate surface area is 139 Å². The van der Waals surface area contributed by atoms with Crippen LogP contribution >= 0.6 is 0 Å². The third kappa shape index (κ3) is 3.42. The van der Waals surface area contributed by atoms with Crippen LogP contribution in [0, 0.1) is 5.92 Å². The van der Waals surface area contributed by atoms with Gasteiger partial charge in [0.2, 0.25) is 0 Å². The first-order chi connectivity index (χ1) is 11.7. The van der Waals surface area contributed by atoms with Gasteiger partial charge in [0, 0.05) is 25.5 Å². The highest BCUT2D eigenvalue weighted by Gasteiger charge is 2.30. The highest BCUT2D eigenvalue weighted by Crippen LogP contribution is 2.19. The number of aromatic nitrogens is 4. The normalized spacial score (nSPS) is 17.5. The quantitative estimate of drug-likeness (QED) is 0.780. The van der Waals surface area contributed by atoms with Crippen LogP contribution in [0.4, 0.5) is 0 Å². The molecule has 0 saturated carbocycles. The molecular weight excluding hydrogens is 310 g/mol. The van der Waals surface area contributed by atoms with Gasteiger partial charge in [-0.25, -0.2) is 4.98 Å². The zero-order chi connectivity index (χ0) is 16.9. The Bertz CT molecular complexity index is 699. The van der Waals surface area contributed by atoms with Gasteiger partial charge in [0.15, 0.2) is 11.5 Å². The van der Waals surface area contributed by atoms with E-state index in [1.54, 1.807) is 47.2 Å². The van der Waals surface area contributed by atoms with Crippen molar-refractivity contribution in [2.75, 3.05) is 19.7 Å². The molecule has 1 unspecified atom stereocenters. The molecule has 0 bridgehead atoms. The average Bonchev–Trinajstić information content (AvgIpc) is 3.16. The highest BCUT2D eigenvalue weighted by atomic mass is 16.5. The third-order valence-corrected chi connectivity index (χ3v) is 3.97. The molecule has 1 atom stereocenters. The first-order valence-electron chi connectivity index (χ1n) is 7.97. The molecule has 0 radical (unpaired) electrons. The second-order valence-electron chi connectivity index (χ2n) is 5.59. The molecule has 0 N–H and O–H groups in total. The fraction of sp³-hybridized carbons (Fsp3) is 0.438. The Balaban J connectivity index is 1.68. The lowest BCUT2D eigenvalue weighted by atomic mass is 9.98. The Morgan fingerprint density at radius 1 is 1.33 bits per heavy atom. The molecular formula is C16H19N5O3. The maximum Gasteiger partial charge on any atom is 0.310 e. The maximum absolute atomic E-state index is 12.6. The molecule has 0 aliphatic carbocycles. The summed E-state index contributed by atoms with van der Waals surface area (Å²) in [5, 5.41) is 8.06. The summed E-state index contributed by atoms with van der Waals surface area (Å²) in [5.74, 6) is -0.127. The Hall–Kier alpha value is -2.77. The van der Waals surface area contributed by atoms with E-state index in [1.807, 2.05) is 0 Å². The van der Waals surface area contributed by atoms with E-state index in [9.17, 15) is 9.59 Å². The molecule has 8 nitrogen and oxygen atoms in total. The van der Waals surface area contributed by atoms with Crippen molar-refractivity contribution in [3.05, 3.63) is 36.5 Å². The number of hydrogen-bond acceptors (Lipinski definition) is 6. The topological polar surface area (TPSA) is 90.2 Å². The number of ether oxygens (including phenoxy) is 1. The van der Waals surface area contributed by atoms with Crippen LogP contribution in [0.3, 0.4) is 0 Å². The molecule has 0 aromatic carbocycles. The monoisotopic (exact) mass is 329 g/mol. The molecule has 8 heteroatoms. The van der Waals surface area contributed by atoms with Gasteiger partial charge in [-0.1, -0.05) is 0 Å². The number of esters is 1. The molecule has 3 heterocycles. The van der Waals surface area contributed by atoms with Crippen LogP contribution in [-0.4, -0.2) is 56.2 Å². The Morgan fingerprint density at radius 2 is 2.21 bits per heavy atom. The van der Waals surface area contributed by atoms with E-state index in [0.717, 1.165) is 12.8 Å². The number of carbonyl (C=O) groups is 2. The van der Waals surface area contributed by atoms with Crippen molar-refractivity contribution >= 4 is 11.9 Å². The Morgan fingerprint density at radius 3 is 2.88 bits per heavy atom.